The number of nitrogens with one attached hydrogen (secondary N) is 1. The number of aryl methyl sites for hydroxylation is 1. The van der Waals surface area contributed by atoms with Crippen molar-refractivity contribution in [3.05, 3.63) is 38.3 Å². The molecule has 92 valence electrons. The van der Waals surface area contributed by atoms with E-state index in [0.29, 0.717) is 4.34 Å². The molecular weight excluding hydrogens is 277 g/mol. The number of hydrogen-bond acceptors (Lipinski definition) is 3. The molecule has 2 aromatic heterocycles. The van der Waals surface area contributed by atoms with Crippen LogP contribution in [0.1, 0.15) is 24.1 Å². The fraction of sp³-hybridized carbons (Fsp3) is 0.364. The van der Waals surface area contributed by atoms with E-state index in [4.69, 9.17) is 23.2 Å². The van der Waals surface area contributed by atoms with Crippen LogP contribution < -0.4 is 5.32 Å². The predicted molar refractivity (Wildman–Crippen MR) is 73.1 cm³/mol. The van der Waals surface area contributed by atoms with Gasteiger partial charge in [0.15, 0.2) is 0 Å². The number of aromatic nitrogens is 2. The maximum Gasteiger partial charge on any atom is 0.0995 e. The van der Waals surface area contributed by atoms with Crippen molar-refractivity contribution >= 4 is 34.5 Å². The van der Waals surface area contributed by atoms with Gasteiger partial charge in [-0.2, -0.15) is 5.10 Å². The summed E-state index contributed by atoms with van der Waals surface area (Å²) in [7, 11) is 1.90. The van der Waals surface area contributed by atoms with Gasteiger partial charge in [-0.05, 0) is 12.6 Å². The molecule has 3 nitrogen and oxygen atoms in total. The van der Waals surface area contributed by atoms with Gasteiger partial charge in [-0.3, -0.25) is 4.68 Å². The van der Waals surface area contributed by atoms with Gasteiger partial charge in [-0.15, -0.1) is 11.3 Å². The predicted octanol–water partition coefficient (Wildman–Crippen LogP) is 3.49. The van der Waals surface area contributed by atoms with E-state index < -0.39 is 0 Å². The van der Waals surface area contributed by atoms with Crippen LogP contribution in [0.5, 0.6) is 0 Å². The van der Waals surface area contributed by atoms with Gasteiger partial charge in [0.05, 0.1) is 20.9 Å². The Kier molecular flexibility index (Phi) is 4.09. The van der Waals surface area contributed by atoms with Gasteiger partial charge in [-0.25, -0.2) is 0 Å². The summed E-state index contributed by atoms with van der Waals surface area (Å²) in [6.45, 7) is 2.91. The fourth-order valence-electron chi connectivity index (χ4n) is 1.75. The topological polar surface area (TPSA) is 29.9 Å². The van der Waals surface area contributed by atoms with Crippen molar-refractivity contribution in [1.29, 1.82) is 0 Å². The molecule has 6 heteroatoms. The number of hydrogen-bond donors (Lipinski definition) is 1. The van der Waals surface area contributed by atoms with E-state index >= 15 is 0 Å². The lowest BCUT2D eigenvalue weighted by Crippen LogP contribution is -2.21. The lowest BCUT2D eigenvalue weighted by molar-refractivity contribution is 0.631. The average Bonchev–Trinajstić information content (AvgIpc) is 2.82. The summed E-state index contributed by atoms with van der Waals surface area (Å²) in [5.41, 5.74) is 2.10. The Labute approximate surface area is 114 Å². The van der Waals surface area contributed by atoms with Gasteiger partial charge in [0.2, 0.25) is 0 Å². The Balaban J connectivity index is 2.38. The number of nitrogens with zero attached hydrogens (tertiary/aromatic N) is 2. The van der Waals surface area contributed by atoms with Gasteiger partial charge < -0.3 is 5.32 Å². The zero-order valence-corrected chi connectivity index (χ0v) is 11.9. The molecular formula is C11H13Cl2N3S. The normalized spacial score (nSPS) is 12.9. The van der Waals surface area contributed by atoms with E-state index in [1.165, 1.54) is 11.3 Å². The molecule has 0 aliphatic rings. The Bertz CT molecular complexity index is 507. The van der Waals surface area contributed by atoms with Crippen LogP contribution in [0, 0.1) is 0 Å². The minimum Gasteiger partial charge on any atom is -0.306 e. The van der Waals surface area contributed by atoms with Crippen molar-refractivity contribution in [3.8, 4) is 0 Å². The van der Waals surface area contributed by atoms with Gasteiger partial charge in [0, 0.05) is 24.4 Å². The second-order valence-corrected chi connectivity index (χ2v) is 6.00. The largest absolute Gasteiger partial charge is 0.306 e. The molecule has 1 unspecified atom stereocenters. The summed E-state index contributed by atoms with van der Waals surface area (Å²) in [6, 6.07) is 1.96. The highest BCUT2D eigenvalue weighted by atomic mass is 35.5. The first kappa shape index (κ1) is 12.9. The molecule has 0 fully saturated rings. The lowest BCUT2D eigenvalue weighted by atomic mass is 10.1. The Hall–Kier alpha value is -0.550. The van der Waals surface area contributed by atoms with E-state index in [-0.39, 0.29) is 6.04 Å². The summed E-state index contributed by atoms with van der Waals surface area (Å²) >= 11 is 13.6. The number of halogens is 2. The van der Waals surface area contributed by atoms with Crippen molar-refractivity contribution in [3.63, 3.8) is 0 Å². The van der Waals surface area contributed by atoms with Gasteiger partial charge in [-0.1, -0.05) is 30.1 Å². The third-order valence-corrected chi connectivity index (χ3v) is 3.98. The van der Waals surface area contributed by atoms with Crippen LogP contribution in [0.4, 0.5) is 0 Å². The zero-order valence-electron chi connectivity index (χ0n) is 9.58. The number of rotatable bonds is 4. The van der Waals surface area contributed by atoms with E-state index in [2.05, 4.69) is 17.3 Å². The van der Waals surface area contributed by atoms with Crippen LogP contribution in [-0.4, -0.2) is 16.3 Å². The summed E-state index contributed by atoms with van der Waals surface area (Å²) < 4.78 is 3.21. The average molecular weight is 290 g/mol. The molecule has 0 aromatic carbocycles. The van der Waals surface area contributed by atoms with Crippen LogP contribution in [0.15, 0.2) is 18.5 Å². The van der Waals surface area contributed by atoms with Crippen molar-refractivity contribution in [2.24, 2.45) is 7.05 Å². The van der Waals surface area contributed by atoms with E-state index in [0.717, 1.165) is 22.0 Å². The third-order valence-electron chi connectivity index (χ3n) is 2.46. The molecule has 1 atom stereocenters. The lowest BCUT2D eigenvalue weighted by Gasteiger charge is -2.15. The fourth-order valence-corrected chi connectivity index (χ4v) is 3.28. The maximum absolute atomic E-state index is 6.20. The van der Waals surface area contributed by atoms with Gasteiger partial charge in [0.25, 0.3) is 0 Å². The third kappa shape index (κ3) is 2.83. The molecule has 0 amide bonds. The smallest absolute Gasteiger partial charge is 0.0995 e. The van der Waals surface area contributed by atoms with Crippen LogP contribution in [0.2, 0.25) is 8.67 Å². The summed E-state index contributed by atoms with van der Waals surface area (Å²) in [5.74, 6) is 0. The monoisotopic (exact) mass is 289 g/mol. The SMILES string of the molecule is CCNC(c1cnn(C)c1)c1cc(Cl)sc1Cl. The molecule has 0 saturated carbocycles. The number of thiophene rings is 1. The van der Waals surface area contributed by atoms with Crippen LogP contribution in [0.25, 0.3) is 0 Å². The minimum absolute atomic E-state index is 0.0462. The van der Waals surface area contributed by atoms with Crippen LogP contribution in [0.3, 0.4) is 0 Å². The Morgan fingerprint density at radius 1 is 1.53 bits per heavy atom. The van der Waals surface area contributed by atoms with Gasteiger partial charge in [0.1, 0.15) is 0 Å². The van der Waals surface area contributed by atoms with Crippen LogP contribution in [-0.2, 0) is 7.05 Å². The Morgan fingerprint density at radius 3 is 2.76 bits per heavy atom. The zero-order chi connectivity index (χ0) is 12.4. The van der Waals surface area contributed by atoms with E-state index in [1.54, 1.807) is 4.68 Å². The summed E-state index contributed by atoms with van der Waals surface area (Å²) in [5, 5.41) is 7.58. The van der Waals surface area contributed by atoms with Crippen molar-refractivity contribution in [2.75, 3.05) is 6.54 Å². The molecule has 17 heavy (non-hydrogen) atoms. The Morgan fingerprint density at radius 2 is 2.29 bits per heavy atom. The first-order valence-electron chi connectivity index (χ1n) is 5.28. The first-order valence-corrected chi connectivity index (χ1v) is 6.85. The molecule has 0 radical (unpaired) electrons. The molecule has 0 bridgehead atoms. The molecule has 0 aliphatic heterocycles. The molecule has 0 saturated heterocycles. The standard InChI is InChI=1S/C11H13Cl2N3S/c1-3-14-10(7-5-15-16(2)6-7)8-4-9(12)17-11(8)13/h4-6,10,14H,3H2,1-2H3. The first-order chi connectivity index (χ1) is 8.11. The van der Waals surface area contributed by atoms with Crippen LogP contribution >= 0.6 is 34.5 Å². The molecule has 1 N–H and O–H groups in total. The molecule has 2 rings (SSSR count). The highest BCUT2D eigenvalue weighted by Gasteiger charge is 2.19. The summed E-state index contributed by atoms with van der Waals surface area (Å²) in [6.07, 6.45) is 3.82. The minimum atomic E-state index is 0.0462. The van der Waals surface area contributed by atoms with Crippen molar-refractivity contribution in [2.45, 2.75) is 13.0 Å². The van der Waals surface area contributed by atoms with Gasteiger partial charge >= 0.3 is 0 Å². The van der Waals surface area contributed by atoms with Crippen molar-refractivity contribution in [1.82, 2.24) is 15.1 Å². The molecule has 0 aliphatic carbocycles. The molecule has 2 heterocycles. The molecule has 0 spiro atoms. The second kappa shape index (κ2) is 5.40. The van der Waals surface area contributed by atoms with E-state index in [9.17, 15) is 0 Å². The van der Waals surface area contributed by atoms with Crippen molar-refractivity contribution < 1.29 is 0 Å². The quantitative estimate of drug-likeness (QED) is 0.934. The van der Waals surface area contributed by atoms with E-state index in [1.807, 2.05) is 25.5 Å². The summed E-state index contributed by atoms with van der Waals surface area (Å²) in [4.78, 5) is 0. The highest BCUT2D eigenvalue weighted by Crippen LogP contribution is 2.37. The maximum atomic E-state index is 6.20. The highest BCUT2D eigenvalue weighted by molar-refractivity contribution is 7.20. The molecule has 2 aromatic rings. The second-order valence-electron chi connectivity index (χ2n) is 3.72.